The number of amides is 1. The Balaban J connectivity index is 1.97. The summed E-state index contributed by atoms with van der Waals surface area (Å²) in [5, 5.41) is 2.83. The van der Waals surface area contributed by atoms with Gasteiger partial charge < -0.3 is 10.3 Å². The smallest absolute Gasteiger partial charge is 0.230 e. The molecule has 0 aliphatic heterocycles. The number of carbonyl (C=O) groups is 1. The Bertz CT molecular complexity index is 477. The third-order valence-electron chi connectivity index (χ3n) is 2.21. The minimum atomic E-state index is -0.0464. The number of carbonyl (C=O) groups excluding carboxylic acids is 1. The molecule has 0 saturated carbocycles. The zero-order valence-corrected chi connectivity index (χ0v) is 9.03. The largest absolute Gasteiger partial charge is 0.348 e. The fraction of sp³-hybridized carbons (Fsp3) is 0.167. The highest BCUT2D eigenvalue weighted by Crippen LogP contribution is 2.09. The van der Waals surface area contributed by atoms with Crippen molar-refractivity contribution in [1.29, 1.82) is 0 Å². The fourth-order valence-electron chi connectivity index (χ4n) is 1.48. The van der Waals surface area contributed by atoms with Gasteiger partial charge in [0.15, 0.2) is 0 Å². The molecule has 0 saturated heterocycles. The SMILES string of the molecule is Cc1cccc(NC(=O)Cc2cnc[nH]2)c1. The number of hydrogen-bond acceptors (Lipinski definition) is 2. The van der Waals surface area contributed by atoms with Crippen molar-refractivity contribution in [2.24, 2.45) is 0 Å². The second-order valence-electron chi connectivity index (χ2n) is 3.67. The number of nitrogens with zero attached hydrogens (tertiary/aromatic N) is 1. The van der Waals surface area contributed by atoms with Gasteiger partial charge in [0.05, 0.1) is 12.7 Å². The van der Waals surface area contributed by atoms with E-state index in [4.69, 9.17) is 0 Å². The number of benzene rings is 1. The van der Waals surface area contributed by atoms with E-state index in [-0.39, 0.29) is 5.91 Å². The molecule has 0 aliphatic rings. The van der Waals surface area contributed by atoms with Gasteiger partial charge in [0.1, 0.15) is 0 Å². The lowest BCUT2D eigenvalue weighted by Crippen LogP contribution is -2.14. The van der Waals surface area contributed by atoms with Crippen molar-refractivity contribution in [2.45, 2.75) is 13.3 Å². The molecule has 1 amide bonds. The Morgan fingerprint density at radius 1 is 1.50 bits per heavy atom. The fourth-order valence-corrected chi connectivity index (χ4v) is 1.48. The molecular formula is C12H13N3O. The number of aromatic amines is 1. The molecule has 0 radical (unpaired) electrons. The van der Waals surface area contributed by atoms with Gasteiger partial charge in [-0.1, -0.05) is 12.1 Å². The number of imidazole rings is 1. The summed E-state index contributed by atoms with van der Waals surface area (Å²) in [5.74, 6) is -0.0464. The highest BCUT2D eigenvalue weighted by Gasteiger charge is 2.04. The first-order valence-electron chi connectivity index (χ1n) is 5.08. The molecule has 2 N–H and O–H groups in total. The molecule has 16 heavy (non-hydrogen) atoms. The molecule has 82 valence electrons. The predicted molar refractivity (Wildman–Crippen MR) is 62.1 cm³/mol. The van der Waals surface area contributed by atoms with Gasteiger partial charge in [0, 0.05) is 17.6 Å². The van der Waals surface area contributed by atoms with Crippen molar-refractivity contribution in [3.05, 3.63) is 48.0 Å². The highest BCUT2D eigenvalue weighted by molar-refractivity contribution is 5.92. The van der Waals surface area contributed by atoms with Crippen LogP contribution in [0.4, 0.5) is 5.69 Å². The average Bonchev–Trinajstić information content (AvgIpc) is 2.70. The average molecular weight is 215 g/mol. The molecule has 4 nitrogen and oxygen atoms in total. The van der Waals surface area contributed by atoms with Crippen molar-refractivity contribution < 1.29 is 4.79 Å². The van der Waals surface area contributed by atoms with Crippen LogP contribution in [-0.4, -0.2) is 15.9 Å². The number of rotatable bonds is 3. The molecule has 2 aromatic rings. The van der Waals surface area contributed by atoms with Crippen LogP contribution in [0, 0.1) is 6.92 Å². The summed E-state index contributed by atoms with van der Waals surface area (Å²) in [7, 11) is 0. The van der Waals surface area contributed by atoms with E-state index in [1.807, 2.05) is 31.2 Å². The lowest BCUT2D eigenvalue weighted by atomic mass is 10.2. The third kappa shape index (κ3) is 2.70. The van der Waals surface area contributed by atoms with Gasteiger partial charge in [-0.05, 0) is 24.6 Å². The molecule has 1 aromatic heterocycles. The van der Waals surface area contributed by atoms with Crippen LogP contribution in [0.15, 0.2) is 36.8 Å². The molecule has 4 heteroatoms. The lowest BCUT2D eigenvalue weighted by Gasteiger charge is -2.04. The van der Waals surface area contributed by atoms with Crippen LogP contribution in [0.25, 0.3) is 0 Å². The van der Waals surface area contributed by atoms with E-state index in [1.165, 1.54) is 0 Å². The van der Waals surface area contributed by atoms with Gasteiger partial charge in [-0.15, -0.1) is 0 Å². The Morgan fingerprint density at radius 3 is 3.06 bits per heavy atom. The molecule has 1 aromatic carbocycles. The minimum Gasteiger partial charge on any atom is -0.348 e. The van der Waals surface area contributed by atoms with Crippen molar-refractivity contribution in [3.63, 3.8) is 0 Å². The summed E-state index contributed by atoms with van der Waals surface area (Å²) >= 11 is 0. The summed E-state index contributed by atoms with van der Waals surface area (Å²) in [6.07, 6.45) is 3.53. The zero-order chi connectivity index (χ0) is 11.4. The number of anilines is 1. The summed E-state index contributed by atoms with van der Waals surface area (Å²) in [6.45, 7) is 1.99. The second-order valence-corrected chi connectivity index (χ2v) is 3.67. The molecule has 1 heterocycles. The van der Waals surface area contributed by atoms with E-state index in [0.29, 0.717) is 6.42 Å². The van der Waals surface area contributed by atoms with Crippen LogP contribution in [0.3, 0.4) is 0 Å². The van der Waals surface area contributed by atoms with Gasteiger partial charge >= 0.3 is 0 Å². The number of aromatic nitrogens is 2. The van der Waals surface area contributed by atoms with Gasteiger partial charge in [0.2, 0.25) is 5.91 Å². The molecule has 0 unspecified atom stereocenters. The van der Waals surface area contributed by atoms with Crippen molar-refractivity contribution in [2.75, 3.05) is 5.32 Å². The van der Waals surface area contributed by atoms with Gasteiger partial charge in [-0.2, -0.15) is 0 Å². The van der Waals surface area contributed by atoms with Crippen molar-refractivity contribution >= 4 is 11.6 Å². The molecule has 0 bridgehead atoms. The molecule has 0 spiro atoms. The topological polar surface area (TPSA) is 57.8 Å². The van der Waals surface area contributed by atoms with E-state index >= 15 is 0 Å². The Hall–Kier alpha value is -2.10. The van der Waals surface area contributed by atoms with Crippen molar-refractivity contribution in [1.82, 2.24) is 9.97 Å². The Labute approximate surface area is 93.7 Å². The second kappa shape index (κ2) is 4.61. The molecule has 2 rings (SSSR count). The molecular weight excluding hydrogens is 202 g/mol. The third-order valence-corrected chi connectivity index (χ3v) is 2.21. The van der Waals surface area contributed by atoms with Crippen LogP contribution in [0.2, 0.25) is 0 Å². The summed E-state index contributed by atoms with van der Waals surface area (Å²) in [4.78, 5) is 18.4. The van der Waals surface area contributed by atoms with Gasteiger partial charge in [0.25, 0.3) is 0 Å². The number of H-pyrrole nitrogens is 1. The molecule has 0 atom stereocenters. The first-order chi connectivity index (χ1) is 7.74. The zero-order valence-electron chi connectivity index (χ0n) is 9.03. The first-order valence-corrected chi connectivity index (χ1v) is 5.08. The van der Waals surface area contributed by atoms with Crippen LogP contribution in [0.1, 0.15) is 11.3 Å². The maximum Gasteiger partial charge on any atom is 0.230 e. The first kappa shape index (κ1) is 10.4. The van der Waals surface area contributed by atoms with Gasteiger partial charge in [-0.25, -0.2) is 4.98 Å². The van der Waals surface area contributed by atoms with Crippen LogP contribution in [0.5, 0.6) is 0 Å². The molecule has 0 aliphatic carbocycles. The van der Waals surface area contributed by atoms with E-state index < -0.39 is 0 Å². The minimum absolute atomic E-state index is 0.0464. The maximum absolute atomic E-state index is 11.6. The monoisotopic (exact) mass is 215 g/mol. The quantitative estimate of drug-likeness (QED) is 0.821. The van der Waals surface area contributed by atoms with E-state index in [2.05, 4.69) is 15.3 Å². The maximum atomic E-state index is 11.6. The van der Waals surface area contributed by atoms with E-state index in [1.54, 1.807) is 12.5 Å². The Morgan fingerprint density at radius 2 is 2.38 bits per heavy atom. The van der Waals surface area contributed by atoms with E-state index in [9.17, 15) is 4.79 Å². The molecule has 0 fully saturated rings. The lowest BCUT2D eigenvalue weighted by molar-refractivity contribution is -0.115. The van der Waals surface area contributed by atoms with E-state index in [0.717, 1.165) is 16.9 Å². The van der Waals surface area contributed by atoms with Gasteiger partial charge in [-0.3, -0.25) is 4.79 Å². The summed E-state index contributed by atoms with van der Waals surface area (Å²) < 4.78 is 0. The normalized spacial score (nSPS) is 10.1. The predicted octanol–water partition coefficient (Wildman–Crippen LogP) is 1.90. The Kier molecular flexibility index (Phi) is 3.00. The summed E-state index contributed by atoms with van der Waals surface area (Å²) in [6, 6.07) is 7.72. The number of nitrogens with one attached hydrogen (secondary N) is 2. The van der Waals surface area contributed by atoms with Crippen LogP contribution < -0.4 is 5.32 Å². The van der Waals surface area contributed by atoms with Crippen molar-refractivity contribution in [3.8, 4) is 0 Å². The number of hydrogen-bond donors (Lipinski definition) is 2. The van der Waals surface area contributed by atoms with Crippen LogP contribution in [-0.2, 0) is 11.2 Å². The standard InChI is InChI=1S/C12H13N3O/c1-9-3-2-4-10(5-9)15-12(16)6-11-7-13-8-14-11/h2-5,7-8H,6H2,1H3,(H,13,14)(H,15,16). The number of aryl methyl sites for hydroxylation is 1. The van der Waals surface area contributed by atoms with Crippen LogP contribution >= 0.6 is 0 Å². The highest BCUT2D eigenvalue weighted by atomic mass is 16.1. The summed E-state index contributed by atoms with van der Waals surface area (Å²) in [5.41, 5.74) is 2.76.